The lowest BCUT2D eigenvalue weighted by Crippen LogP contribution is -2.40. The molecule has 1 fully saturated rings. The van der Waals surface area contributed by atoms with E-state index in [1.807, 2.05) is 25.1 Å². The number of nitrogens with zero attached hydrogens (tertiary/aromatic N) is 1. The van der Waals surface area contributed by atoms with Crippen LogP contribution < -0.4 is 24.8 Å². The fraction of sp³-hybridized carbons (Fsp3) is 0.300. The number of carboxylic acid groups (broad SMARTS) is 1. The molecule has 4 N–H and O–H groups in total. The molecule has 1 aliphatic rings. The number of urea groups is 1. The van der Waals surface area contributed by atoms with Crippen LogP contribution in [0.5, 0.6) is 17.2 Å². The minimum atomic E-state index is -1.09. The van der Waals surface area contributed by atoms with E-state index in [2.05, 4.69) is 10.6 Å². The van der Waals surface area contributed by atoms with E-state index >= 15 is 0 Å². The molecule has 0 saturated carbocycles. The first kappa shape index (κ1) is 29.2. The highest BCUT2D eigenvalue weighted by molar-refractivity contribution is 6.01. The first-order valence-corrected chi connectivity index (χ1v) is 13.0. The Kier molecular flexibility index (Phi) is 9.30. The van der Waals surface area contributed by atoms with E-state index in [9.17, 15) is 24.6 Å². The molecular formula is C30H33N3O8. The van der Waals surface area contributed by atoms with Crippen LogP contribution in [0, 0.1) is 6.92 Å². The molecule has 0 aliphatic carbocycles. The van der Waals surface area contributed by atoms with Gasteiger partial charge in [-0.3, -0.25) is 4.79 Å². The molecule has 0 aromatic heterocycles. The molecule has 216 valence electrons. The summed E-state index contributed by atoms with van der Waals surface area (Å²) in [5.41, 5.74) is 2.79. The largest absolute Gasteiger partial charge is 0.495 e. The molecule has 0 radical (unpaired) electrons. The van der Waals surface area contributed by atoms with Gasteiger partial charge in [-0.25, -0.2) is 9.59 Å². The Labute approximate surface area is 237 Å². The van der Waals surface area contributed by atoms with Crippen LogP contribution in [0.25, 0.3) is 0 Å². The van der Waals surface area contributed by atoms with Crippen LogP contribution in [0.1, 0.15) is 27.9 Å². The third kappa shape index (κ3) is 7.25. The van der Waals surface area contributed by atoms with Gasteiger partial charge in [0.1, 0.15) is 12.4 Å². The number of para-hydroxylation sites is 1. The van der Waals surface area contributed by atoms with Crippen molar-refractivity contribution in [3.05, 3.63) is 77.4 Å². The first-order chi connectivity index (χ1) is 19.7. The number of ether oxygens (including phenoxy) is 3. The third-order valence-electron chi connectivity index (χ3n) is 6.82. The number of benzene rings is 3. The minimum absolute atomic E-state index is 0.0475. The Balaban J connectivity index is 1.39. The molecule has 3 aromatic carbocycles. The van der Waals surface area contributed by atoms with E-state index in [1.165, 1.54) is 32.4 Å². The van der Waals surface area contributed by atoms with Crippen molar-refractivity contribution in [3.8, 4) is 17.2 Å². The predicted octanol–water partition coefficient (Wildman–Crippen LogP) is 3.94. The summed E-state index contributed by atoms with van der Waals surface area (Å²) in [4.78, 5) is 38.6. The molecule has 0 bridgehead atoms. The second kappa shape index (κ2) is 13.1. The molecule has 11 nitrogen and oxygen atoms in total. The Morgan fingerprint density at radius 2 is 1.66 bits per heavy atom. The summed E-state index contributed by atoms with van der Waals surface area (Å²) in [5.74, 6) is -0.298. The van der Waals surface area contributed by atoms with Gasteiger partial charge in [0.05, 0.1) is 44.0 Å². The Hall–Kier alpha value is -4.77. The standard InChI is InChI=1S/C30H33N3O8/c1-18-6-4-5-7-23(18)31-30(38)32-24-10-8-19(12-26(24)39-2)13-28(35)33-16-22(34)15-21(33)17-41-25-11-9-20(29(36)37)14-27(25)40-3/h4-12,14,21-22,34H,13,15-17H2,1-3H3,(H,36,37)(H2,31,32,38)/t21-,22+/m0/s1. The SMILES string of the molecule is COc1cc(CC(=O)N2C[C@H](O)C[C@H]2COc2ccc(C(=O)O)cc2OC)ccc1NC(=O)Nc1ccccc1C. The van der Waals surface area contributed by atoms with Crippen LogP contribution in [0.2, 0.25) is 0 Å². The lowest BCUT2D eigenvalue weighted by atomic mass is 10.1. The average molecular weight is 564 g/mol. The van der Waals surface area contributed by atoms with E-state index in [4.69, 9.17) is 14.2 Å². The van der Waals surface area contributed by atoms with E-state index in [1.54, 1.807) is 29.2 Å². The van der Waals surface area contributed by atoms with Crippen LogP contribution >= 0.6 is 0 Å². The predicted molar refractivity (Wildman–Crippen MR) is 152 cm³/mol. The van der Waals surface area contributed by atoms with Gasteiger partial charge in [-0.1, -0.05) is 24.3 Å². The van der Waals surface area contributed by atoms with Gasteiger partial charge in [0.15, 0.2) is 11.5 Å². The van der Waals surface area contributed by atoms with E-state index in [-0.39, 0.29) is 36.8 Å². The van der Waals surface area contributed by atoms with Crippen LogP contribution in [0.3, 0.4) is 0 Å². The van der Waals surface area contributed by atoms with Crippen molar-refractivity contribution >= 4 is 29.3 Å². The van der Waals surface area contributed by atoms with Gasteiger partial charge in [-0.15, -0.1) is 0 Å². The van der Waals surface area contributed by atoms with Crippen molar-refractivity contribution in [2.75, 3.05) is 38.0 Å². The number of hydrogen-bond acceptors (Lipinski definition) is 7. The van der Waals surface area contributed by atoms with Crippen molar-refractivity contribution in [1.82, 2.24) is 4.90 Å². The van der Waals surface area contributed by atoms with Crippen LogP contribution in [-0.2, 0) is 11.2 Å². The highest BCUT2D eigenvalue weighted by atomic mass is 16.5. The zero-order chi connectivity index (χ0) is 29.5. The summed E-state index contributed by atoms with van der Waals surface area (Å²) in [6.45, 7) is 2.15. The molecule has 3 amide bonds. The number of aliphatic hydroxyl groups excluding tert-OH is 1. The van der Waals surface area contributed by atoms with E-state index < -0.39 is 24.1 Å². The minimum Gasteiger partial charge on any atom is -0.495 e. The average Bonchev–Trinajstić information content (AvgIpc) is 3.34. The number of carboxylic acids is 1. The molecule has 11 heteroatoms. The summed E-state index contributed by atoms with van der Waals surface area (Å²) in [6, 6.07) is 16.0. The molecule has 0 unspecified atom stereocenters. The second-order valence-corrected chi connectivity index (χ2v) is 9.68. The highest BCUT2D eigenvalue weighted by Crippen LogP contribution is 2.30. The summed E-state index contributed by atoms with van der Waals surface area (Å²) in [6.07, 6.45) is -0.313. The number of carbonyl (C=O) groups is 3. The molecule has 1 heterocycles. The quantitative estimate of drug-likeness (QED) is 0.290. The third-order valence-corrected chi connectivity index (χ3v) is 6.82. The smallest absolute Gasteiger partial charge is 0.335 e. The number of aromatic carboxylic acids is 1. The summed E-state index contributed by atoms with van der Waals surface area (Å²) in [7, 11) is 2.89. The molecule has 1 aliphatic heterocycles. The molecule has 3 aromatic rings. The number of likely N-dealkylation sites (tertiary alicyclic amines) is 1. The van der Waals surface area contributed by atoms with Gasteiger partial charge in [-0.05, 0) is 60.9 Å². The number of anilines is 2. The number of amides is 3. The number of β-amino-alcohol motifs (C(OH)–C–C–N with tert-alkyl or cyclic N) is 1. The molecule has 1 saturated heterocycles. The Morgan fingerprint density at radius 1 is 0.927 bits per heavy atom. The maximum absolute atomic E-state index is 13.3. The number of methoxy groups -OCH3 is 2. The maximum Gasteiger partial charge on any atom is 0.335 e. The van der Waals surface area contributed by atoms with Gasteiger partial charge < -0.3 is 40.0 Å². The van der Waals surface area contributed by atoms with Gasteiger partial charge >= 0.3 is 12.0 Å². The Bertz CT molecular complexity index is 1430. The van der Waals surface area contributed by atoms with Crippen LogP contribution in [-0.4, -0.2) is 72.5 Å². The number of rotatable bonds is 10. The van der Waals surface area contributed by atoms with Gasteiger partial charge in [0.25, 0.3) is 0 Å². The summed E-state index contributed by atoms with van der Waals surface area (Å²) < 4.78 is 16.6. The number of hydrogen-bond donors (Lipinski definition) is 4. The van der Waals surface area contributed by atoms with Crippen molar-refractivity contribution in [3.63, 3.8) is 0 Å². The molecule has 2 atom stereocenters. The van der Waals surface area contributed by atoms with Crippen molar-refractivity contribution in [2.24, 2.45) is 0 Å². The maximum atomic E-state index is 13.3. The van der Waals surface area contributed by atoms with Crippen molar-refractivity contribution in [2.45, 2.75) is 31.9 Å². The van der Waals surface area contributed by atoms with Crippen LogP contribution in [0.4, 0.5) is 16.2 Å². The van der Waals surface area contributed by atoms with Gasteiger partial charge in [-0.2, -0.15) is 0 Å². The summed E-state index contributed by atoms with van der Waals surface area (Å²) >= 11 is 0. The number of aliphatic hydroxyl groups is 1. The lowest BCUT2D eigenvalue weighted by molar-refractivity contribution is -0.132. The topological polar surface area (TPSA) is 147 Å². The normalized spacial score (nSPS) is 16.1. The monoisotopic (exact) mass is 563 g/mol. The van der Waals surface area contributed by atoms with Crippen LogP contribution in [0.15, 0.2) is 60.7 Å². The fourth-order valence-electron chi connectivity index (χ4n) is 4.68. The molecule has 0 spiro atoms. The lowest BCUT2D eigenvalue weighted by Gasteiger charge is -2.25. The molecule has 41 heavy (non-hydrogen) atoms. The fourth-order valence-corrected chi connectivity index (χ4v) is 4.68. The first-order valence-electron chi connectivity index (χ1n) is 13.0. The van der Waals surface area contributed by atoms with E-state index in [0.717, 1.165) is 5.56 Å². The zero-order valence-electron chi connectivity index (χ0n) is 23.0. The van der Waals surface area contributed by atoms with E-state index in [0.29, 0.717) is 34.9 Å². The molecule has 4 rings (SSSR count). The number of nitrogens with one attached hydrogen (secondary N) is 2. The number of aryl methyl sites for hydroxylation is 1. The Morgan fingerprint density at radius 3 is 2.37 bits per heavy atom. The van der Waals surface area contributed by atoms with Crippen molar-refractivity contribution in [1.29, 1.82) is 0 Å². The van der Waals surface area contributed by atoms with Crippen molar-refractivity contribution < 1.29 is 38.8 Å². The van der Waals surface area contributed by atoms with Gasteiger partial charge in [0, 0.05) is 12.2 Å². The van der Waals surface area contributed by atoms with Gasteiger partial charge in [0.2, 0.25) is 5.91 Å². The number of carbonyl (C=O) groups excluding carboxylic acids is 2. The zero-order valence-corrected chi connectivity index (χ0v) is 23.0. The molecular weight excluding hydrogens is 530 g/mol. The summed E-state index contributed by atoms with van der Waals surface area (Å²) in [5, 5.41) is 25.1. The second-order valence-electron chi connectivity index (χ2n) is 9.68. The highest BCUT2D eigenvalue weighted by Gasteiger charge is 2.35.